The molecule has 35 heavy (non-hydrogen) atoms. The fourth-order valence-corrected chi connectivity index (χ4v) is 6.50. The number of rotatable bonds is 3. The Morgan fingerprint density at radius 1 is 1.00 bits per heavy atom. The number of furan rings is 1. The maximum absolute atomic E-state index is 6.56. The minimum absolute atomic E-state index is 0.0651. The van der Waals surface area contributed by atoms with Gasteiger partial charge in [0.25, 0.3) is 0 Å². The zero-order valence-electron chi connectivity index (χ0n) is 20.9. The predicted octanol–water partition coefficient (Wildman–Crippen LogP) is 9.38. The number of nitrogens with one attached hydrogen (secondary N) is 1. The molecule has 2 aliphatic rings. The van der Waals surface area contributed by atoms with Crippen LogP contribution in [0.2, 0.25) is 0 Å². The van der Waals surface area contributed by atoms with Crippen LogP contribution in [0.3, 0.4) is 0 Å². The Balaban J connectivity index is 1.46. The molecule has 0 spiro atoms. The van der Waals surface area contributed by atoms with E-state index < -0.39 is 0 Å². The van der Waals surface area contributed by atoms with Crippen molar-refractivity contribution in [1.82, 2.24) is 0 Å². The summed E-state index contributed by atoms with van der Waals surface area (Å²) in [5, 5.41) is 6.55. The summed E-state index contributed by atoms with van der Waals surface area (Å²) in [5.41, 5.74) is 7.50. The normalized spacial score (nSPS) is 22.8. The summed E-state index contributed by atoms with van der Waals surface area (Å²) in [4.78, 5) is 0. The molecule has 0 radical (unpaired) electrons. The summed E-state index contributed by atoms with van der Waals surface area (Å²) in [7, 11) is 0. The summed E-state index contributed by atoms with van der Waals surface area (Å²) >= 11 is 0. The fourth-order valence-electron chi connectivity index (χ4n) is 6.50. The van der Waals surface area contributed by atoms with Crippen molar-refractivity contribution in [2.24, 2.45) is 11.3 Å². The summed E-state index contributed by atoms with van der Waals surface area (Å²) in [6, 6.07) is 26.0. The second-order valence-corrected chi connectivity index (χ2v) is 11.3. The van der Waals surface area contributed by atoms with Crippen molar-refractivity contribution in [3.05, 3.63) is 108 Å². The molecule has 0 bridgehead atoms. The molecule has 1 aromatic heterocycles. The van der Waals surface area contributed by atoms with E-state index in [9.17, 15) is 0 Å². The van der Waals surface area contributed by atoms with E-state index in [4.69, 9.17) is 4.42 Å². The first kappa shape index (κ1) is 22.0. The molecule has 1 saturated carbocycles. The van der Waals surface area contributed by atoms with Gasteiger partial charge >= 0.3 is 0 Å². The van der Waals surface area contributed by atoms with Gasteiger partial charge in [-0.3, -0.25) is 0 Å². The third-order valence-corrected chi connectivity index (χ3v) is 7.97. The molecule has 2 heterocycles. The molecule has 2 heteroatoms. The lowest BCUT2D eigenvalue weighted by atomic mass is 9.59. The lowest BCUT2D eigenvalue weighted by Crippen LogP contribution is -2.39. The topological polar surface area (TPSA) is 25.2 Å². The van der Waals surface area contributed by atoms with Crippen molar-refractivity contribution in [1.29, 1.82) is 0 Å². The van der Waals surface area contributed by atoms with E-state index in [-0.39, 0.29) is 11.5 Å². The third-order valence-electron chi connectivity index (χ3n) is 7.97. The Morgan fingerprint density at radius 3 is 2.66 bits per heavy atom. The zero-order valence-corrected chi connectivity index (χ0v) is 20.9. The molecule has 1 aliphatic carbocycles. The maximum atomic E-state index is 6.56. The van der Waals surface area contributed by atoms with Gasteiger partial charge in [-0.1, -0.05) is 86.7 Å². The van der Waals surface area contributed by atoms with E-state index in [0.717, 1.165) is 41.1 Å². The third kappa shape index (κ3) is 3.72. The highest BCUT2D eigenvalue weighted by atomic mass is 16.3. The summed E-state index contributed by atoms with van der Waals surface area (Å²) in [6.07, 6.45) is 2.19. The van der Waals surface area contributed by atoms with Crippen molar-refractivity contribution in [2.75, 3.05) is 5.32 Å². The van der Waals surface area contributed by atoms with Crippen molar-refractivity contribution in [3.63, 3.8) is 0 Å². The van der Waals surface area contributed by atoms with Crippen LogP contribution in [0.15, 0.2) is 95.9 Å². The Labute approximate surface area is 208 Å². The Morgan fingerprint density at radius 2 is 1.83 bits per heavy atom. The van der Waals surface area contributed by atoms with Gasteiger partial charge in [0.1, 0.15) is 11.5 Å². The number of fused-ring (bicyclic) bond motifs is 5. The lowest BCUT2D eigenvalue weighted by Gasteiger charge is -2.49. The number of hydrogen-bond acceptors (Lipinski definition) is 2. The highest BCUT2D eigenvalue weighted by molar-refractivity contribution is 5.91. The van der Waals surface area contributed by atoms with Gasteiger partial charge in [0.05, 0.1) is 6.04 Å². The van der Waals surface area contributed by atoms with E-state index in [0.29, 0.717) is 11.8 Å². The van der Waals surface area contributed by atoms with Crippen LogP contribution in [0.5, 0.6) is 0 Å². The second kappa shape index (κ2) is 8.02. The number of hydrogen-bond donors (Lipinski definition) is 1. The molecular formula is C33H33NO. The molecule has 176 valence electrons. The maximum Gasteiger partial charge on any atom is 0.134 e. The van der Waals surface area contributed by atoms with Gasteiger partial charge in [-0.25, -0.2) is 0 Å². The zero-order chi connectivity index (χ0) is 24.3. The fraction of sp³-hybridized carbons (Fsp3) is 0.273. The van der Waals surface area contributed by atoms with Crippen LogP contribution in [-0.4, -0.2) is 0 Å². The Hall–Kier alpha value is -3.52. The van der Waals surface area contributed by atoms with Gasteiger partial charge in [0.15, 0.2) is 0 Å². The Bertz CT molecular complexity index is 1470. The van der Waals surface area contributed by atoms with Gasteiger partial charge < -0.3 is 9.73 Å². The first-order valence-electron chi connectivity index (χ1n) is 12.6. The molecule has 4 aromatic rings. The minimum Gasteiger partial charge on any atom is -0.459 e. The molecule has 0 amide bonds. The van der Waals surface area contributed by atoms with Crippen LogP contribution in [0.1, 0.15) is 62.5 Å². The SMILES string of the molecule is C=C(C)c1cccc(-c2ccc(C3Nc4ccc5ccccc5c4C4CC(C)(C)CC(=C)C43)o2)c1. The largest absolute Gasteiger partial charge is 0.459 e. The summed E-state index contributed by atoms with van der Waals surface area (Å²) < 4.78 is 6.56. The monoisotopic (exact) mass is 459 g/mol. The summed E-state index contributed by atoms with van der Waals surface area (Å²) in [5.74, 6) is 2.57. The number of allylic oxidation sites excluding steroid dienone is 1. The summed E-state index contributed by atoms with van der Waals surface area (Å²) in [6.45, 7) is 15.5. The van der Waals surface area contributed by atoms with Crippen LogP contribution >= 0.6 is 0 Å². The quantitative estimate of drug-likeness (QED) is 0.309. The van der Waals surface area contributed by atoms with E-state index in [2.05, 4.69) is 105 Å². The van der Waals surface area contributed by atoms with E-state index in [1.54, 1.807) is 0 Å². The van der Waals surface area contributed by atoms with Gasteiger partial charge in [0.2, 0.25) is 0 Å². The standard InChI is InChI=1S/C33H33NO/c1-20(2)23-10-8-11-24(17-23)28-15-16-29(35-28)32-30-21(3)18-33(4,5)19-26(30)31-25-12-7-6-9-22(25)13-14-27(31)34-32/h6-17,26,30,32,34H,1,3,18-19H2,2,4-5H3. The van der Waals surface area contributed by atoms with Gasteiger partial charge in [-0.2, -0.15) is 0 Å². The van der Waals surface area contributed by atoms with Crippen LogP contribution in [0.25, 0.3) is 27.7 Å². The average Bonchev–Trinajstić information content (AvgIpc) is 3.33. The van der Waals surface area contributed by atoms with Crippen molar-refractivity contribution >= 4 is 22.0 Å². The minimum atomic E-state index is 0.0651. The van der Waals surface area contributed by atoms with Gasteiger partial charge in [-0.05, 0) is 77.3 Å². The molecular weight excluding hydrogens is 426 g/mol. The smallest absolute Gasteiger partial charge is 0.134 e. The second-order valence-electron chi connectivity index (χ2n) is 11.3. The number of benzene rings is 3. The van der Waals surface area contributed by atoms with Crippen LogP contribution in [0, 0.1) is 11.3 Å². The molecule has 3 aromatic carbocycles. The molecule has 1 N–H and O–H groups in total. The molecule has 3 unspecified atom stereocenters. The van der Waals surface area contributed by atoms with Crippen LogP contribution in [-0.2, 0) is 0 Å². The predicted molar refractivity (Wildman–Crippen MR) is 148 cm³/mol. The lowest BCUT2D eigenvalue weighted by molar-refractivity contribution is 0.194. The van der Waals surface area contributed by atoms with Gasteiger partial charge in [0, 0.05) is 17.2 Å². The molecule has 2 nitrogen and oxygen atoms in total. The Kier molecular flexibility index (Phi) is 5.03. The number of anilines is 1. The molecule has 1 aliphatic heterocycles. The highest BCUT2D eigenvalue weighted by Crippen LogP contribution is 2.58. The first-order chi connectivity index (χ1) is 16.8. The first-order valence-corrected chi connectivity index (χ1v) is 12.6. The van der Waals surface area contributed by atoms with E-state index in [1.165, 1.54) is 27.6 Å². The molecule has 6 rings (SSSR count). The van der Waals surface area contributed by atoms with E-state index >= 15 is 0 Å². The van der Waals surface area contributed by atoms with Crippen molar-refractivity contribution < 1.29 is 4.42 Å². The van der Waals surface area contributed by atoms with Crippen molar-refractivity contribution in [3.8, 4) is 11.3 Å². The average molecular weight is 460 g/mol. The van der Waals surface area contributed by atoms with E-state index in [1.807, 2.05) is 6.92 Å². The molecule has 0 saturated heterocycles. The van der Waals surface area contributed by atoms with Crippen LogP contribution in [0.4, 0.5) is 5.69 Å². The van der Waals surface area contributed by atoms with Crippen LogP contribution < -0.4 is 5.32 Å². The van der Waals surface area contributed by atoms with Crippen molar-refractivity contribution in [2.45, 2.75) is 45.6 Å². The van der Waals surface area contributed by atoms with Gasteiger partial charge in [-0.15, -0.1) is 0 Å². The molecule has 1 fully saturated rings. The molecule has 3 atom stereocenters. The highest BCUT2D eigenvalue weighted by Gasteiger charge is 2.47.